The Balaban J connectivity index is 3.22. The number of carbonyl (C=O) groups excluding carboxylic acids is 1. The molecule has 3 nitrogen and oxygen atoms in total. The van der Waals surface area contributed by atoms with E-state index in [1.54, 1.807) is 0 Å². The average molecular weight is 269 g/mol. The molecular formula is C10H8F5NO2. The highest BCUT2D eigenvalue weighted by atomic mass is 19.2. The predicted molar refractivity (Wildman–Crippen MR) is 51.3 cm³/mol. The van der Waals surface area contributed by atoms with E-state index in [1.165, 1.54) is 0 Å². The topological polar surface area (TPSA) is 38.3 Å². The minimum absolute atomic E-state index is 0.918. The molecule has 1 aromatic carbocycles. The third-order valence-corrected chi connectivity index (χ3v) is 2.13. The minimum atomic E-state index is -2.26. The number of esters is 1. The Bertz CT molecular complexity index is 463. The summed E-state index contributed by atoms with van der Waals surface area (Å²) < 4.78 is 69.0. The molecule has 0 aromatic heterocycles. The molecule has 1 unspecified atom stereocenters. The van der Waals surface area contributed by atoms with Crippen molar-refractivity contribution in [2.75, 3.05) is 12.4 Å². The van der Waals surface area contributed by atoms with Crippen LogP contribution in [0.5, 0.6) is 0 Å². The number of rotatable bonds is 3. The smallest absolute Gasteiger partial charge is 0.327 e. The molecule has 0 saturated heterocycles. The van der Waals surface area contributed by atoms with Gasteiger partial charge in [-0.15, -0.1) is 0 Å². The first-order valence-electron chi connectivity index (χ1n) is 4.67. The fourth-order valence-electron chi connectivity index (χ4n) is 1.18. The van der Waals surface area contributed by atoms with E-state index in [1.807, 2.05) is 5.32 Å². The summed E-state index contributed by atoms with van der Waals surface area (Å²) in [5.41, 5.74) is -1.27. The Morgan fingerprint density at radius 1 is 1.00 bits per heavy atom. The van der Waals surface area contributed by atoms with Crippen molar-refractivity contribution < 1.29 is 31.5 Å². The number of anilines is 1. The normalized spacial score (nSPS) is 12.2. The number of benzene rings is 1. The summed E-state index contributed by atoms with van der Waals surface area (Å²) in [5, 5.41) is 1.87. The van der Waals surface area contributed by atoms with Crippen molar-refractivity contribution in [2.45, 2.75) is 13.0 Å². The van der Waals surface area contributed by atoms with Gasteiger partial charge in [0.15, 0.2) is 23.3 Å². The van der Waals surface area contributed by atoms with Gasteiger partial charge < -0.3 is 10.1 Å². The van der Waals surface area contributed by atoms with Gasteiger partial charge in [-0.05, 0) is 6.92 Å². The molecule has 100 valence electrons. The first kappa shape index (κ1) is 14.2. The Morgan fingerprint density at radius 2 is 1.39 bits per heavy atom. The van der Waals surface area contributed by atoms with Crippen LogP contribution in [0.1, 0.15) is 6.92 Å². The zero-order valence-corrected chi connectivity index (χ0v) is 9.28. The first-order chi connectivity index (χ1) is 8.31. The third-order valence-electron chi connectivity index (χ3n) is 2.13. The highest BCUT2D eigenvalue weighted by Crippen LogP contribution is 2.27. The number of methoxy groups -OCH3 is 1. The van der Waals surface area contributed by atoms with Gasteiger partial charge in [0.1, 0.15) is 11.7 Å². The van der Waals surface area contributed by atoms with E-state index < -0.39 is 46.8 Å². The SMILES string of the molecule is COC(=O)C(C)Nc1c(F)c(F)c(F)c(F)c1F. The van der Waals surface area contributed by atoms with E-state index in [0.29, 0.717) is 0 Å². The van der Waals surface area contributed by atoms with Crippen molar-refractivity contribution in [1.82, 2.24) is 0 Å². The molecule has 0 saturated carbocycles. The van der Waals surface area contributed by atoms with Crippen molar-refractivity contribution in [1.29, 1.82) is 0 Å². The van der Waals surface area contributed by atoms with Crippen molar-refractivity contribution in [3.05, 3.63) is 29.1 Å². The van der Waals surface area contributed by atoms with Crippen LogP contribution < -0.4 is 5.32 Å². The highest BCUT2D eigenvalue weighted by molar-refractivity contribution is 5.78. The maximum atomic E-state index is 13.2. The molecule has 0 bridgehead atoms. The van der Waals surface area contributed by atoms with Crippen LogP contribution in [-0.4, -0.2) is 19.1 Å². The molecule has 1 rings (SSSR count). The molecule has 8 heteroatoms. The van der Waals surface area contributed by atoms with Crippen LogP contribution in [0.2, 0.25) is 0 Å². The molecule has 18 heavy (non-hydrogen) atoms. The summed E-state index contributed by atoms with van der Waals surface area (Å²) in [6.07, 6.45) is 0. The Labute approximate surface area is 98.5 Å². The number of halogens is 5. The molecule has 0 fully saturated rings. The van der Waals surface area contributed by atoms with Gasteiger partial charge in [0.25, 0.3) is 0 Å². The van der Waals surface area contributed by atoms with Gasteiger partial charge in [0.2, 0.25) is 5.82 Å². The number of ether oxygens (including phenoxy) is 1. The monoisotopic (exact) mass is 269 g/mol. The van der Waals surface area contributed by atoms with E-state index >= 15 is 0 Å². The molecule has 1 aromatic rings. The van der Waals surface area contributed by atoms with Gasteiger partial charge in [-0.25, -0.2) is 26.7 Å². The number of hydrogen-bond donors (Lipinski definition) is 1. The molecule has 0 amide bonds. The minimum Gasteiger partial charge on any atom is -0.467 e. The maximum absolute atomic E-state index is 13.2. The highest BCUT2D eigenvalue weighted by Gasteiger charge is 2.27. The molecule has 0 spiro atoms. The Kier molecular flexibility index (Phi) is 4.10. The van der Waals surface area contributed by atoms with Gasteiger partial charge in [-0.1, -0.05) is 0 Å². The zero-order valence-electron chi connectivity index (χ0n) is 9.28. The Hall–Kier alpha value is -1.86. The first-order valence-corrected chi connectivity index (χ1v) is 4.67. The van der Waals surface area contributed by atoms with Crippen molar-refractivity contribution in [3.63, 3.8) is 0 Å². The fourth-order valence-corrected chi connectivity index (χ4v) is 1.18. The molecule has 1 atom stereocenters. The average Bonchev–Trinajstić information content (AvgIpc) is 2.37. The van der Waals surface area contributed by atoms with E-state index in [0.717, 1.165) is 14.0 Å². The molecule has 0 aliphatic heterocycles. The lowest BCUT2D eigenvalue weighted by Gasteiger charge is -2.15. The van der Waals surface area contributed by atoms with Crippen LogP contribution in [0.25, 0.3) is 0 Å². The zero-order chi connectivity index (χ0) is 14.0. The van der Waals surface area contributed by atoms with E-state index in [4.69, 9.17) is 0 Å². The Morgan fingerprint density at radius 3 is 1.78 bits per heavy atom. The van der Waals surface area contributed by atoms with Gasteiger partial charge in [0.05, 0.1) is 7.11 Å². The summed E-state index contributed by atoms with van der Waals surface area (Å²) in [4.78, 5) is 11.0. The predicted octanol–water partition coefficient (Wildman–Crippen LogP) is 2.36. The summed E-state index contributed by atoms with van der Waals surface area (Å²) >= 11 is 0. The summed E-state index contributed by atoms with van der Waals surface area (Å²) in [6, 6.07) is -1.27. The van der Waals surface area contributed by atoms with Gasteiger partial charge in [0, 0.05) is 0 Å². The van der Waals surface area contributed by atoms with Crippen molar-refractivity contribution >= 4 is 11.7 Å². The molecule has 1 N–H and O–H groups in total. The number of carbonyl (C=O) groups is 1. The van der Waals surface area contributed by atoms with Crippen LogP contribution in [0.4, 0.5) is 27.6 Å². The van der Waals surface area contributed by atoms with Crippen LogP contribution in [-0.2, 0) is 9.53 Å². The van der Waals surface area contributed by atoms with Crippen LogP contribution in [0.3, 0.4) is 0 Å². The second kappa shape index (κ2) is 5.19. The van der Waals surface area contributed by atoms with Gasteiger partial charge in [-0.2, -0.15) is 0 Å². The lowest BCUT2D eigenvalue weighted by Crippen LogP contribution is -2.28. The molecular weight excluding hydrogens is 261 g/mol. The van der Waals surface area contributed by atoms with Crippen molar-refractivity contribution in [3.8, 4) is 0 Å². The maximum Gasteiger partial charge on any atom is 0.327 e. The van der Waals surface area contributed by atoms with Crippen LogP contribution in [0, 0.1) is 29.1 Å². The molecule has 0 radical (unpaired) electrons. The quantitative estimate of drug-likeness (QED) is 0.396. The number of nitrogens with one attached hydrogen (secondary N) is 1. The number of hydrogen-bond acceptors (Lipinski definition) is 3. The largest absolute Gasteiger partial charge is 0.467 e. The molecule has 0 aliphatic carbocycles. The van der Waals surface area contributed by atoms with E-state index in [-0.39, 0.29) is 0 Å². The summed E-state index contributed by atoms with van der Waals surface area (Å²) in [7, 11) is 1.01. The fraction of sp³-hybridized carbons (Fsp3) is 0.300. The van der Waals surface area contributed by atoms with E-state index in [9.17, 15) is 26.7 Å². The summed E-state index contributed by atoms with van der Waals surface area (Å²) in [6.45, 7) is 1.14. The second-order valence-electron chi connectivity index (χ2n) is 3.33. The third kappa shape index (κ3) is 2.36. The van der Waals surface area contributed by atoms with Gasteiger partial charge >= 0.3 is 5.97 Å². The van der Waals surface area contributed by atoms with Gasteiger partial charge in [-0.3, -0.25) is 0 Å². The second-order valence-corrected chi connectivity index (χ2v) is 3.33. The molecule has 0 aliphatic rings. The van der Waals surface area contributed by atoms with Crippen LogP contribution in [0.15, 0.2) is 0 Å². The van der Waals surface area contributed by atoms with E-state index in [2.05, 4.69) is 4.74 Å². The standard InChI is InChI=1S/C10H8F5NO2/c1-3(10(17)18-2)16-9-7(14)5(12)4(11)6(13)8(9)15/h3,16H,1-2H3. The van der Waals surface area contributed by atoms with Crippen LogP contribution >= 0.6 is 0 Å². The van der Waals surface area contributed by atoms with Crippen molar-refractivity contribution in [2.24, 2.45) is 0 Å². The lowest BCUT2D eigenvalue weighted by molar-refractivity contribution is -0.141. The summed E-state index contributed by atoms with van der Waals surface area (Å²) in [5.74, 6) is -11.4. The molecule has 0 heterocycles. The lowest BCUT2D eigenvalue weighted by atomic mass is 10.2.